The van der Waals surface area contributed by atoms with Crippen LogP contribution < -0.4 is 11.3 Å². The van der Waals surface area contributed by atoms with Crippen LogP contribution in [-0.4, -0.2) is 0 Å². The number of hydrazine groups is 1. The number of aryl methyl sites for hydroxylation is 1. The lowest BCUT2D eigenvalue weighted by molar-refractivity contribution is 0.461. The number of hydrogen-bond acceptors (Lipinski definition) is 2. The van der Waals surface area contributed by atoms with E-state index in [4.69, 9.17) is 17.4 Å². The molecule has 0 aliphatic heterocycles. The summed E-state index contributed by atoms with van der Waals surface area (Å²) in [5.74, 6) is 3.77. The first-order chi connectivity index (χ1) is 9.52. The molecule has 3 N–H and O–H groups in total. The fourth-order valence-electron chi connectivity index (χ4n) is 2.09. The predicted molar refractivity (Wildman–Crippen MR) is 76.3 cm³/mol. The van der Waals surface area contributed by atoms with Crippen LogP contribution in [0.3, 0.4) is 0 Å². The highest BCUT2D eigenvalue weighted by molar-refractivity contribution is 6.30. The molecular formula is C15H15ClF2N2. The van der Waals surface area contributed by atoms with E-state index in [0.717, 1.165) is 5.56 Å². The Hall–Kier alpha value is -1.49. The van der Waals surface area contributed by atoms with Crippen LogP contribution in [-0.2, 0) is 6.42 Å². The maximum atomic E-state index is 14.0. The molecule has 2 rings (SSSR count). The molecule has 0 fully saturated rings. The Morgan fingerprint density at radius 1 is 1.20 bits per heavy atom. The van der Waals surface area contributed by atoms with Crippen LogP contribution in [0.25, 0.3) is 0 Å². The first-order valence-electron chi connectivity index (χ1n) is 6.18. The average Bonchev–Trinajstić information content (AvgIpc) is 2.43. The topological polar surface area (TPSA) is 38.0 Å². The Labute approximate surface area is 121 Å². The Morgan fingerprint density at radius 2 is 1.95 bits per heavy atom. The summed E-state index contributed by atoms with van der Waals surface area (Å²) in [7, 11) is 0. The normalized spacial score (nSPS) is 12.4. The fourth-order valence-corrected chi connectivity index (χ4v) is 2.30. The Balaban J connectivity index is 2.31. The minimum absolute atomic E-state index is 0.204. The summed E-state index contributed by atoms with van der Waals surface area (Å²) >= 11 is 5.91. The largest absolute Gasteiger partial charge is 0.271 e. The molecule has 1 unspecified atom stereocenters. The predicted octanol–water partition coefficient (Wildman–Crippen LogP) is 3.67. The van der Waals surface area contributed by atoms with Gasteiger partial charge in [0.05, 0.1) is 6.04 Å². The molecule has 0 heterocycles. The maximum Gasteiger partial charge on any atom is 0.163 e. The van der Waals surface area contributed by atoms with E-state index in [1.54, 1.807) is 24.3 Å². The molecule has 20 heavy (non-hydrogen) atoms. The van der Waals surface area contributed by atoms with Crippen molar-refractivity contribution in [3.05, 3.63) is 69.7 Å². The molecule has 5 heteroatoms. The first-order valence-corrected chi connectivity index (χ1v) is 6.55. The van der Waals surface area contributed by atoms with Gasteiger partial charge in [0.2, 0.25) is 0 Å². The lowest BCUT2D eigenvalue weighted by Crippen LogP contribution is -2.30. The van der Waals surface area contributed by atoms with Crippen molar-refractivity contribution in [3.8, 4) is 0 Å². The van der Waals surface area contributed by atoms with Crippen molar-refractivity contribution in [2.45, 2.75) is 19.4 Å². The minimum Gasteiger partial charge on any atom is -0.271 e. The highest BCUT2D eigenvalue weighted by Gasteiger charge is 2.19. The van der Waals surface area contributed by atoms with E-state index in [9.17, 15) is 8.78 Å². The van der Waals surface area contributed by atoms with Crippen LogP contribution in [0.1, 0.15) is 22.7 Å². The van der Waals surface area contributed by atoms with E-state index in [0.29, 0.717) is 11.4 Å². The van der Waals surface area contributed by atoms with Crippen molar-refractivity contribution in [2.24, 2.45) is 5.84 Å². The summed E-state index contributed by atoms with van der Waals surface area (Å²) in [6.07, 6.45) is 0.413. The highest BCUT2D eigenvalue weighted by atomic mass is 35.5. The third kappa shape index (κ3) is 3.15. The van der Waals surface area contributed by atoms with Crippen molar-refractivity contribution in [1.29, 1.82) is 0 Å². The quantitative estimate of drug-likeness (QED) is 0.667. The molecule has 0 saturated carbocycles. The SMILES string of the molecule is Cc1ccc(C(Cc2cccc(Cl)c2)NN)c(F)c1F. The second-order valence-electron chi connectivity index (χ2n) is 4.65. The number of halogens is 3. The second-order valence-corrected chi connectivity index (χ2v) is 5.09. The van der Waals surface area contributed by atoms with Gasteiger partial charge in [0.25, 0.3) is 0 Å². The van der Waals surface area contributed by atoms with Crippen molar-refractivity contribution >= 4 is 11.6 Å². The van der Waals surface area contributed by atoms with Crippen LogP contribution in [0.5, 0.6) is 0 Å². The van der Waals surface area contributed by atoms with Crippen molar-refractivity contribution in [1.82, 2.24) is 5.43 Å². The summed E-state index contributed by atoms with van der Waals surface area (Å²) in [6, 6.07) is 9.74. The molecule has 0 spiro atoms. The van der Waals surface area contributed by atoms with Gasteiger partial charge in [-0.25, -0.2) is 8.78 Å². The minimum atomic E-state index is -0.866. The number of rotatable bonds is 4. The zero-order chi connectivity index (χ0) is 14.7. The number of benzene rings is 2. The number of nitrogens with two attached hydrogens (primary N) is 1. The monoisotopic (exact) mass is 296 g/mol. The van der Waals surface area contributed by atoms with Gasteiger partial charge >= 0.3 is 0 Å². The Morgan fingerprint density at radius 3 is 2.60 bits per heavy atom. The summed E-state index contributed by atoms with van der Waals surface area (Å²) in [4.78, 5) is 0. The average molecular weight is 297 g/mol. The van der Waals surface area contributed by atoms with Gasteiger partial charge in [-0.1, -0.05) is 35.9 Å². The van der Waals surface area contributed by atoms with Gasteiger partial charge in [0, 0.05) is 10.6 Å². The summed E-state index contributed by atoms with van der Waals surface area (Å²) < 4.78 is 27.6. The molecule has 0 bridgehead atoms. The second kappa shape index (κ2) is 6.31. The molecule has 0 aliphatic carbocycles. The molecule has 106 valence electrons. The van der Waals surface area contributed by atoms with Gasteiger partial charge in [-0.05, 0) is 36.6 Å². The van der Waals surface area contributed by atoms with Crippen LogP contribution in [0, 0.1) is 18.6 Å². The molecule has 2 aromatic rings. The van der Waals surface area contributed by atoms with Gasteiger partial charge in [0.15, 0.2) is 11.6 Å². The standard InChI is InChI=1S/C15H15ClF2N2/c1-9-5-6-12(15(18)14(9)17)13(20-19)8-10-3-2-4-11(16)7-10/h2-7,13,20H,8,19H2,1H3. The fraction of sp³-hybridized carbons (Fsp3) is 0.200. The van der Waals surface area contributed by atoms with E-state index in [1.807, 2.05) is 6.07 Å². The molecule has 0 aliphatic rings. The van der Waals surface area contributed by atoms with Crippen molar-refractivity contribution in [3.63, 3.8) is 0 Å². The van der Waals surface area contributed by atoms with E-state index in [2.05, 4.69) is 5.43 Å². The van der Waals surface area contributed by atoms with Crippen molar-refractivity contribution in [2.75, 3.05) is 0 Å². The summed E-state index contributed by atoms with van der Waals surface area (Å²) in [5, 5.41) is 0.592. The molecular weight excluding hydrogens is 282 g/mol. The van der Waals surface area contributed by atoms with Crippen LogP contribution in [0.2, 0.25) is 5.02 Å². The summed E-state index contributed by atoms with van der Waals surface area (Å²) in [5.41, 5.74) is 3.89. The Kier molecular flexibility index (Phi) is 4.70. The molecule has 0 saturated heterocycles. The lowest BCUT2D eigenvalue weighted by Gasteiger charge is -2.18. The van der Waals surface area contributed by atoms with Gasteiger partial charge in [-0.15, -0.1) is 0 Å². The maximum absolute atomic E-state index is 14.0. The molecule has 0 amide bonds. The smallest absolute Gasteiger partial charge is 0.163 e. The molecule has 1 atom stereocenters. The van der Waals surface area contributed by atoms with E-state index in [1.165, 1.54) is 13.0 Å². The third-order valence-electron chi connectivity index (χ3n) is 3.21. The van der Waals surface area contributed by atoms with E-state index >= 15 is 0 Å². The highest BCUT2D eigenvalue weighted by Crippen LogP contribution is 2.25. The first kappa shape index (κ1) is 14.9. The molecule has 0 radical (unpaired) electrons. The third-order valence-corrected chi connectivity index (χ3v) is 3.45. The zero-order valence-electron chi connectivity index (χ0n) is 11.0. The van der Waals surface area contributed by atoms with Gasteiger partial charge in [0.1, 0.15) is 0 Å². The van der Waals surface area contributed by atoms with Crippen molar-refractivity contribution < 1.29 is 8.78 Å². The Bertz CT molecular complexity index is 617. The van der Waals surface area contributed by atoms with Gasteiger partial charge < -0.3 is 0 Å². The van der Waals surface area contributed by atoms with E-state index < -0.39 is 17.7 Å². The van der Waals surface area contributed by atoms with Crippen LogP contribution in [0.4, 0.5) is 8.78 Å². The zero-order valence-corrected chi connectivity index (χ0v) is 11.7. The van der Waals surface area contributed by atoms with Crippen LogP contribution >= 0.6 is 11.6 Å². The molecule has 0 aromatic heterocycles. The van der Waals surface area contributed by atoms with E-state index in [-0.39, 0.29) is 11.1 Å². The molecule has 2 aromatic carbocycles. The van der Waals surface area contributed by atoms with Gasteiger partial charge in [-0.2, -0.15) is 0 Å². The van der Waals surface area contributed by atoms with Gasteiger partial charge in [-0.3, -0.25) is 11.3 Å². The lowest BCUT2D eigenvalue weighted by atomic mass is 9.97. The number of nitrogens with one attached hydrogen (secondary N) is 1. The molecule has 2 nitrogen and oxygen atoms in total. The summed E-state index contributed by atoms with van der Waals surface area (Å²) in [6.45, 7) is 1.52. The van der Waals surface area contributed by atoms with Crippen LogP contribution in [0.15, 0.2) is 36.4 Å². The number of hydrogen-bond donors (Lipinski definition) is 2.